The van der Waals surface area contributed by atoms with Crippen molar-refractivity contribution in [1.29, 1.82) is 0 Å². The maximum atomic E-state index is 12.4. The molecule has 1 aliphatic heterocycles. The van der Waals surface area contributed by atoms with Crippen LogP contribution in [0.25, 0.3) is 11.1 Å². The minimum Gasteiger partial charge on any atom is -0.383 e. The van der Waals surface area contributed by atoms with Gasteiger partial charge < -0.3 is 20.9 Å². The number of morpholine rings is 1. The van der Waals surface area contributed by atoms with E-state index in [9.17, 15) is 14.7 Å². The first-order valence-electron chi connectivity index (χ1n) is 11.0. The summed E-state index contributed by atoms with van der Waals surface area (Å²) in [6.45, 7) is 4.50. The first-order valence-corrected chi connectivity index (χ1v) is 11.0. The van der Waals surface area contributed by atoms with E-state index in [0.29, 0.717) is 31.4 Å². The molecule has 6 nitrogen and oxygen atoms in total. The molecule has 2 aromatic carbocycles. The fourth-order valence-electron chi connectivity index (χ4n) is 3.86. The molecule has 1 aliphatic rings. The Morgan fingerprint density at radius 2 is 1.71 bits per heavy atom. The summed E-state index contributed by atoms with van der Waals surface area (Å²) in [6.07, 6.45) is 1.88. The van der Waals surface area contributed by atoms with E-state index >= 15 is 0 Å². The molecule has 0 radical (unpaired) electrons. The van der Waals surface area contributed by atoms with Crippen molar-refractivity contribution in [1.82, 2.24) is 5.32 Å². The Morgan fingerprint density at radius 3 is 2.29 bits per heavy atom. The number of nitrogens with two attached hydrogens (primary N) is 1. The predicted octanol–water partition coefficient (Wildman–Crippen LogP) is 3.17. The lowest BCUT2D eigenvalue weighted by atomic mass is 9.92. The van der Waals surface area contributed by atoms with Crippen molar-refractivity contribution >= 4 is 11.7 Å². The van der Waals surface area contributed by atoms with Gasteiger partial charge in [0.25, 0.3) is 0 Å². The van der Waals surface area contributed by atoms with E-state index in [-0.39, 0.29) is 11.4 Å². The van der Waals surface area contributed by atoms with Crippen molar-refractivity contribution in [2.24, 2.45) is 5.73 Å². The predicted molar refractivity (Wildman–Crippen MR) is 121 cm³/mol. The third kappa shape index (κ3) is 6.23. The lowest BCUT2D eigenvalue weighted by Crippen LogP contribution is -2.45. The largest absolute Gasteiger partial charge is 0.383 e. The number of aliphatic hydroxyl groups is 1. The molecule has 1 fully saturated rings. The lowest BCUT2D eigenvalue weighted by molar-refractivity contribution is -0.126. The molecule has 1 heterocycles. The smallest absolute Gasteiger partial charge is 0.246 e. The number of Topliss-reactive ketones (excluding diaryl/α,β-unsaturated/α-hetero) is 1. The van der Waals surface area contributed by atoms with Crippen molar-refractivity contribution in [3.8, 4) is 11.1 Å². The van der Waals surface area contributed by atoms with Gasteiger partial charge in [-0.3, -0.25) is 9.59 Å². The van der Waals surface area contributed by atoms with Crippen LogP contribution in [-0.4, -0.2) is 42.6 Å². The number of unbranched alkanes of at least 4 members (excludes halogenated alkanes) is 2. The summed E-state index contributed by atoms with van der Waals surface area (Å²) in [7, 11) is 0. The van der Waals surface area contributed by atoms with Crippen molar-refractivity contribution in [2.75, 3.05) is 19.7 Å². The van der Waals surface area contributed by atoms with Crippen LogP contribution in [0.3, 0.4) is 0 Å². The molecule has 0 aliphatic carbocycles. The molecule has 4 N–H and O–H groups in total. The van der Waals surface area contributed by atoms with Gasteiger partial charge in [0.2, 0.25) is 5.91 Å². The number of hydrogen-bond donors (Lipinski definition) is 3. The Labute approximate surface area is 183 Å². The first kappa shape index (κ1) is 23.1. The number of carbonyl (C=O) groups excluding carboxylic acids is 2. The van der Waals surface area contributed by atoms with Gasteiger partial charge in [0.1, 0.15) is 11.7 Å². The molecular formula is C25H32N2O4. The zero-order valence-electron chi connectivity index (χ0n) is 18.1. The zero-order valence-corrected chi connectivity index (χ0v) is 18.1. The van der Waals surface area contributed by atoms with Gasteiger partial charge in [0.15, 0.2) is 5.78 Å². The molecule has 0 spiro atoms. The van der Waals surface area contributed by atoms with Gasteiger partial charge in [0.05, 0.1) is 6.61 Å². The minimum atomic E-state index is -1.09. The van der Waals surface area contributed by atoms with E-state index in [2.05, 4.69) is 36.5 Å². The number of nitrogens with one attached hydrogen (secondary N) is 1. The molecule has 31 heavy (non-hydrogen) atoms. The van der Waals surface area contributed by atoms with E-state index in [1.165, 1.54) is 0 Å². The van der Waals surface area contributed by atoms with E-state index < -0.39 is 12.0 Å². The number of primary amides is 1. The van der Waals surface area contributed by atoms with Gasteiger partial charge in [-0.05, 0) is 36.5 Å². The lowest BCUT2D eigenvalue weighted by Gasteiger charge is -2.35. The SMILES string of the molecule is CC1(c2ccc(-c3ccc(C(=O)CCCCCC(O)C(N)=O)cc3)cc2)CNCCO1. The number of ether oxygens (including phenoxy) is 1. The molecule has 0 aromatic heterocycles. The second-order valence-corrected chi connectivity index (χ2v) is 8.35. The standard InChI is InChI=1S/C25H32N2O4/c1-25(17-27-15-16-31-25)21-13-11-19(12-14-21)18-7-9-20(10-8-18)22(28)5-3-2-4-6-23(29)24(26)30/h7-14,23,27,29H,2-6,15-17H2,1H3,(H2,26,30). The summed E-state index contributed by atoms with van der Waals surface area (Å²) in [4.78, 5) is 23.2. The topological polar surface area (TPSA) is 102 Å². The van der Waals surface area contributed by atoms with Crippen LogP contribution in [0, 0.1) is 0 Å². The fourth-order valence-corrected chi connectivity index (χ4v) is 3.86. The van der Waals surface area contributed by atoms with E-state index in [1.54, 1.807) is 0 Å². The fraction of sp³-hybridized carbons (Fsp3) is 0.440. The molecule has 166 valence electrons. The second-order valence-electron chi connectivity index (χ2n) is 8.35. The number of amides is 1. The average molecular weight is 425 g/mol. The molecule has 2 atom stereocenters. The highest BCUT2D eigenvalue weighted by Gasteiger charge is 2.29. The Balaban J connectivity index is 1.51. The zero-order chi connectivity index (χ0) is 22.3. The summed E-state index contributed by atoms with van der Waals surface area (Å²) >= 11 is 0. The van der Waals surface area contributed by atoms with Crippen molar-refractivity contribution in [3.05, 3.63) is 59.7 Å². The summed E-state index contributed by atoms with van der Waals surface area (Å²) in [5.41, 5.74) is 8.74. The maximum Gasteiger partial charge on any atom is 0.246 e. The van der Waals surface area contributed by atoms with Gasteiger partial charge in [-0.2, -0.15) is 0 Å². The highest BCUT2D eigenvalue weighted by molar-refractivity contribution is 5.96. The van der Waals surface area contributed by atoms with Crippen LogP contribution in [0.2, 0.25) is 0 Å². The monoisotopic (exact) mass is 424 g/mol. The first-order chi connectivity index (χ1) is 14.9. The van der Waals surface area contributed by atoms with Crippen LogP contribution in [0.4, 0.5) is 0 Å². The quantitative estimate of drug-likeness (QED) is 0.402. The van der Waals surface area contributed by atoms with E-state index in [0.717, 1.165) is 42.6 Å². The van der Waals surface area contributed by atoms with Gasteiger partial charge in [-0.15, -0.1) is 0 Å². The molecular weight excluding hydrogens is 392 g/mol. The van der Waals surface area contributed by atoms with Gasteiger partial charge in [-0.25, -0.2) is 0 Å². The molecule has 0 bridgehead atoms. The van der Waals surface area contributed by atoms with Crippen LogP contribution in [-0.2, 0) is 15.1 Å². The van der Waals surface area contributed by atoms with E-state index in [4.69, 9.17) is 10.5 Å². The third-order valence-corrected chi connectivity index (χ3v) is 5.91. The summed E-state index contributed by atoms with van der Waals surface area (Å²) in [5, 5.41) is 12.8. The van der Waals surface area contributed by atoms with Crippen LogP contribution in [0.15, 0.2) is 48.5 Å². The van der Waals surface area contributed by atoms with Crippen molar-refractivity contribution < 1.29 is 19.4 Å². The number of rotatable bonds is 10. The number of benzene rings is 2. The van der Waals surface area contributed by atoms with Crippen molar-refractivity contribution in [2.45, 2.75) is 50.7 Å². The van der Waals surface area contributed by atoms with Gasteiger partial charge in [-0.1, -0.05) is 61.4 Å². The summed E-state index contributed by atoms with van der Waals surface area (Å²) in [5.74, 6) is -0.591. The van der Waals surface area contributed by atoms with Crippen molar-refractivity contribution in [3.63, 3.8) is 0 Å². The molecule has 1 amide bonds. The number of aliphatic hydroxyl groups excluding tert-OH is 1. The molecule has 6 heteroatoms. The number of hydrogen-bond acceptors (Lipinski definition) is 5. The maximum absolute atomic E-state index is 12.4. The van der Waals surface area contributed by atoms with Crippen LogP contribution < -0.4 is 11.1 Å². The Hall–Kier alpha value is -2.54. The molecule has 2 aromatic rings. The minimum absolute atomic E-state index is 0.104. The highest BCUT2D eigenvalue weighted by Crippen LogP contribution is 2.29. The molecule has 3 rings (SSSR count). The van der Waals surface area contributed by atoms with Crippen LogP contribution >= 0.6 is 0 Å². The average Bonchev–Trinajstić information content (AvgIpc) is 2.79. The summed E-state index contributed by atoms with van der Waals surface area (Å²) < 4.78 is 5.98. The normalized spacial score (nSPS) is 19.7. The molecule has 1 saturated heterocycles. The van der Waals surface area contributed by atoms with Crippen LogP contribution in [0.5, 0.6) is 0 Å². The molecule has 2 unspecified atom stereocenters. The van der Waals surface area contributed by atoms with Crippen LogP contribution in [0.1, 0.15) is 54.9 Å². The second kappa shape index (κ2) is 10.7. The Morgan fingerprint density at radius 1 is 1.06 bits per heavy atom. The van der Waals surface area contributed by atoms with E-state index in [1.807, 2.05) is 24.3 Å². The third-order valence-electron chi connectivity index (χ3n) is 5.91. The summed E-state index contributed by atoms with van der Waals surface area (Å²) in [6, 6.07) is 16.1. The Bertz CT molecular complexity index is 871. The Kier molecular flexibility index (Phi) is 7.96. The highest BCUT2D eigenvalue weighted by atomic mass is 16.5. The number of ketones is 1. The molecule has 0 saturated carbocycles. The van der Waals surface area contributed by atoms with Gasteiger partial charge >= 0.3 is 0 Å². The number of carbonyl (C=O) groups is 2. The van der Waals surface area contributed by atoms with Gasteiger partial charge in [0, 0.05) is 25.1 Å².